The molecule has 3 nitrogen and oxygen atoms in total. The minimum atomic E-state index is -4.20. The Morgan fingerprint density at radius 1 is 1.53 bits per heavy atom. The van der Waals surface area contributed by atoms with Crippen LogP contribution in [0.1, 0.15) is 19.0 Å². The molecular weight excluding hydrogens is 251 g/mol. The largest absolute Gasteiger partial charge is 0.391 e. The van der Waals surface area contributed by atoms with Crippen LogP contribution in [0.15, 0.2) is 18.2 Å². The average Bonchev–Trinajstić information content (AvgIpc) is 2.14. The summed E-state index contributed by atoms with van der Waals surface area (Å²) >= 11 is 4.73. The number of aromatic nitrogens is 1. The molecule has 0 aliphatic rings. The number of rotatable bonds is 4. The van der Waals surface area contributed by atoms with Crippen LogP contribution in [0.25, 0.3) is 0 Å². The van der Waals surface area contributed by atoms with Crippen molar-refractivity contribution >= 4 is 23.0 Å². The smallest absolute Gasteiger partial charge is 0.388 e. The van der Waals surface area contributed by atoms with Crippen LogP contribution in [0.5, 0.6) is 0 Å². The lowest BCUT2D eigenvalue weighted by atomic mass is 10.2. The van der Waals surface area contributed by atoms with Crippen LogP contribution < -0.4 is 11.1 Å². The van der Waals surface area contributed by atoms with E-state index in [9.17, 15) is 13.2 Å². The minimum absolute atomic E-state index is 0.108. The maximum absolute atomic E-state index is 12.1. The third-order valence-corrected chi connectivity index (χ3v) is 2.14. The molecule has 0 aromatic carbocycles. The van der Waals surface area contributed by atoms with E-state index >= 15 is 0 Å². The zero-order chi connectivity index (χ0) is 13.1. The van der Waals surface area contributed by atoms with Crippen LogP contribution in [0, 0.1) is 0 Å². The van der Waals surface area contributed by atoms with Crippen molar-refractivity contribution in [1.29, 1.82) is 0 Å². The zero-order valence-corrected chi connectivity index (χ0v) is 9.90. The standard InChI is InChI=1S/C10H12F3N3S/c1-6(5-10(11,12)13)15-8-4-2-3-7(16-8)9(14)17/h2-4,6H,5H2,1H3,(H2,14,17)(H,15,16). The van der Waals surface area contributed by atoms with E-state index in [4.69, 9.17) is 18.0 Å². The molecule has 0 aliphatic carbocycles. The summed E-state index contributed by atoms with van der Waals surface area (Å²) in [6.07, 6.45) is -5.13. The van der Waals surface area contributed by atoms with Crippen molar-refractivity contribution in [2.45, 2.75) is 25.6 Å². The molecule has 0 saturated heterocycles. The van der Waals surface area contributed by atoms with E-state index in [1.54, 1.807) is 18.2 Å². The van der Waals surface area contributed by atoms with Gasteiger partial charge in [0.2, 0.25) is 0 Å². The topological polar surface area (TPSA) is 50.9 Å². The third-order valence-electron chi connectivity index (χ3n) is 1.93. The number of alkyl halides is 3. The van der Waals surface area contributed by atoms with Gasteiger partial charge in [0.25, 0.3) is 0 Å². The summed E-state index contributed by atoms with van der Waals surface area (Å²) in [5, 5.41) is 2.65. The Hall–Kier alpha value is -1.37. The molecule has 0 fully saturated rings. The molecule has 1 rings (SSSR count). The van der Waals surface area contributed by atoms with Crippen LogP contribution >= 0.6 is 12.2 Å². The van der Waals surface area contributed by atoms with Gasteiger partial charge in [0.1, 0.15) is 10.8 Å². The van der Waals surface area contributed by atoms with Crippen LogP contribution in [-0.2, 0) is 0 Å². The van der Waals surface area contributed by atoms with Gasteiger partial charge in [0.05, 0.1) is 12.1 Å². The molecule has 1 aromatic heterocycles. The van der Waals surface area contributed by atoms with E-state index in [0.717, 1.165) is 0 Å². The van der Waals surface area contributed by atoms with Crippen LogP contribution in [-0.4, -0.2) is 22.2 Å². The first-order chi connectivity index (χ1) is 7.78. The van der Waals surface area contributed by atoms with Crippen molar-refractivity contribution in [2.24, 2.45) is 5.73 Å². The third kappa shape index (κ3) is 4.99. The Morgan fingerprint density at radius 2 is 2.18 bits per heavy atom. The van der Waals surface area contributed by atoms with Gasteiger partial charge in [-0.25, -0.2) is 4.98 Å². The Kier molecular flexibility index (Phi) is 4.28. The molecule has 94 valence electrons. The van der Waals surface area contributed by atoms with Gasteiger partial charge in [-0.1, -0.05) is 18.3 Å². The zero-order valence-electron chi connectivity index (χ0n) is 9.08. The minimum Gasteiger partial charge on any atom is -0.388 e. The molecule has 0 bridgehead atoms. The monoisotopic (exact) mass is 263 g/mol. The lowest BCUT2D eigenvalue weighted by Gasteiger charge is -2.16. The summed E-state index contributed by atoms with van der Waals surface area (Å²) in [5.41, 5.74) is 5.76. The van der Waals surface area contributed by atoms with Crippen molar-refractivity contribution in [3.05, 3.63) is 23.9 Å². The molecular formula is C10H12F3N3S. The number of anilines is 1. The van der Waals surface area contributed by atoms with Crippen LogP contribution in [0.4, 0.5) is 19.0 Å². The van der Waals surface area contributed by atoms with Gasteiger partial charge in [0.15, 0.2) is 0 Å². The summed E-state index contributed by atoms with van der Waals surface area (Å²) in [7, 11) is 0. The summed E-state index contributed by atoms with van der Waals surface area (Å²) in [6, 6.07) is 4.03. The number of nitrogens with one attached hydrogen (secondary N) is 1. The average molecular weight is 263 g/mol. The van der Waals surface area contributed by atoms with Gasteiger partial charge in [-0.3, -0.25) is 0 Å². The van der Waals surface area contributed by atoms with Gasteiger partial charge in [-0.05, 0) is 19.1 Å². The van der Waals surface area contributed by atoms with Gasteiger partial charge >= 0.3 is 6.18 Å². The van der Waals surface area contributed by atoms with Gasteiger partial charge in [0, 0.05) is 6.04 Å². The fourth-order valence-corrected chi connectivity index (χ4v) is 1.42. The number of hydrogen-bond acceptors (Lipinski definition) is 3. The first-order valence-corrected chi connectivity index (χ1v) is 5.29. The second-order valence-electron chi connectivity index (χ2n) is 3.64. The van der Waals surface area contributed by atoms with Crippen molar-refractivity contribution in [3.8, 4) is 0 Å². The molecule has 17 heavy (non-hydrogen) atoms. The fraction of sp³-hybridized carbons (Fsp3) is 0.400. The quantitative estimate of drug-likeness (QED) is 0.819. The molecule has 1 heterocycles. The number of hydrogen-bond donors (Lipinski definition) is 2. The van der Waals surface area contributed by atoms with Crippen LogP contribution in [0.3, 0.4) is 0 Å². The first kappa shape index (κ1) is 13.7. The van der Waals surface area contributed by atoms with Crippen LogP contribution in [0.2, 0.25) is 0 Å². The molecule has 0 saturated carbocycles. The molecule has 3 N–H and O–H groups in total. The van der Waals surface area contributed by atoms with Gasteiger partial charge in [-0.15, -0.1) is 0 Å². The number of nitrogens with zero attached hydrogens (tertiary/aromatic N) is 1. The Bertz CT molecular complexity index is 406. The lowest BCUT2D eigenvalue weighted by molar-refractivity contribution is -0.136. The highest BCUT2D eigenvalue weighted by atomic mass is 32.1. The van der Waals surface area contributed by atoms with E-state index in [0.29, 0.717) is 11.5 Å². The molecule has 0 amide bonds. The fourth-order valence-electron chi connectivity index (χ4n) is 1.30. The second kappa shape index (κ2) is 5.31. The van der Waals surface area contributed by atoms with Crippen molar-refractivity contribution < 1.29 is 13.2 Å². The highest BCUT2D eigenvalue weighted by Crippen LogP contribution is 2.22. The summed E-state index contributed by atoms with van der Waals surface area (Å²) < 4.78 is 36.3. The van der Waals surface area contributed by atoms with E-state index in [-0.39, 0.29) is 4.99 Å². The Balaban J connectivity index is 2.68. The van der Waals surface area contributed by atoms with E-state index < -0.39 is 18.6 Å². The number of nitrogens with two attached hydrogens (primary N) is 1. The molecule has 1 unspecified atom stereocenters. The van der Waals surface area contributed by atoms with Crippen molar-refractivity contribution in [3.63, 3.8) is 0 Å². The molecule has 7 heteroatoms. The summed E-state index contributed by atoms with van der Waals surface area (Å²) in [4.78, 5) is 4.11. The molecule has 0 spiro atoms. The first-order valence-electron chi connectivity index (χ1n) is 4.88. The SMILES string of the molecule is CC(CC(F)(F)F)Nc1cccc(C(N)=S)n1. The van der Waals surface area contributed by atoms with E-state index in [1.807, 2.05) is 0 Å². The normalized spacial score (nSPS) is 13.2. The summed E-state index contributed by atoms with van der Waals surface area (Å²) in [6.45, 7) is 1.43. The van der Waals surface area contributed by atoms with Gasteiger partial charge < -0.3 is 11.1 Å². The number of halogens is 3. The predicted molar refractivity (Wildman–Crippen MR) is 63.9 cm³/mol. The Labute approximate surface area is 102 Å². The van der Waals surface area contributed by atoms with Gasteiger partial charge in [-0.2, -0.15) is 13.2 Å². The van der Waals surface area contributed by atoms with Crippen molar-refractivity contribution in [2.75, 3.05) is 5.32 Å². The highest BCUT2D eigenvalue weighted by molar-refractivity contribution is 7.80. The molecule has 1 aromatic rings. The van der Waals surface area contributed by atoms with E-state index in [1.165, 1.54) is 6.92 Å². The predicted octanol–water partition coefficient (Wildman–Crippen LogP) is 2.47. The van der Waals surface area contributed by atoms with Crippen molar-refractivity contribution in [1.82, 2.24) is 4.98 Å². The number of pyridine rings is 1. The maximum atomic E-state index is 12.1. The molecule has 0 radical (unpaired) electrons. The van der Waals surface area contributed by atoms with E-state index in [2.05, 4.69) is 10.3 Å². The second-order valence-corrected chi connectivity index (χ2v) is 4.08. The lowest BCUT2D eigenvalue weighted by Crippen LogP contribution is -2.24. The Morgan fingerprint density at radius 3 is 2.71 bits per heavy atom. The molecule has 1 atom stereocenters. The molecule has 0 aliphatic heterocycles. The highest BCUT2D eigenvalue weighted by Gasteiger charge is 2.30. The number of thiocarbonyl (C=S) groups is 1. The summed E-state index contributed by atoms with van der Waals surface area (Å²) in [5.74, 6) is 0.326. The maximum Gasteiger partial charge on any atom is 0.391 e.